The monoisotopic (exact) mass is 245 g/mol. The van der Waals surface area contributed by atoms with Gasteiger partial charge in [0.15, 0.2) is 0 Å². The maximum Gasteiger partial charge on any atom is 0.303 e. The standard InChI is InChI=1S/C13H15N3O2/c17-12(18)6-9-4-5-16(7-9)11-3-1-2-10-13(11)15-8-14-10/h1-3,8-9H,4-7H2,(H,14,15)(H,17,18). The Morgan fingerprint density at radius 3 is 3.28 bits per heavy atom. The molecular formula is C13H15N3O2. The summed E-state index contributed by atoms with van der Waals surface area (Å²) in [6.45, 7) is 1.71. The zero-order valence-electron chi connectivity index (χ0n) is 9.97. The highest BCUT2D eigenvalue weighted by molar-refractivity contribution is 5.88. The fraction of sp³-hybridized carbons (Fsp3) is 0.385. The number of benzene rings is 1. The summed E-state index contributed by atoms with van der Waals surface area (Å²) in [4.78, 5) is 20.4. The summed E-state index contributed by atoms with van der Waals surface area (Å²) < 4.78 is 0. The van der Waals surface area contributed by atoms with E-state index in [4.69, 9.17) is 5.11 Å². The maximum atomic E-state index is 10.7. The van der Waals surface area contributed by atoms with Crippen molar-refractivity contribution in [2.24, 2.45) is 5.92 Å². The number of aromatic amines is 1. The number of nitrogens with one attached hydrogen (secondary N) is 1. The van der Waals surface area contributed by atoms with Crippen molar-refractivity contribution in [2.45, 2.75) is 12.8 Å². The third kappa shape index (κ3) is 1.92. The highest BCUT2D eigenvalue weighted by Crippen LogP contribution is 2.30. The lowest BCUT2D eigenvalue weighted by Crippen LogP contribution is -2.20. The average Bonchev–Trinajstić information content (AvgIpc) is 2.95. The van der Waals surface area contributed by atoms with Gasteiger partial charge in [-0.25, -0.2) is 4.98 Å². The highest BCUT2D eigenvalue weighted by Gasteiger charge is 2.25. The Morgan fingerprint density at radius 1 is 1.56 bits per heavy atom. The minimum Gasteiger partial charge on any atom is -0.481 e. The van der Waals surface area contributed by atoms with Crippen LogP contribution in [-0.2, 0) is 4.79 Å². The van der Waals surface area contributed by atoms with Gasteiger partial charge in [-0.15, -0.1) is 0 Å². The Morgan fingerprint density at radius 2 is 2.44 bits per heavy atom. The van der Waals surface area contributed by atoms with Gasteiger partial charge in [-0.3, -0.25) is 4.79 Å². The van der Waals surface area contributed by atoms with Crippen LogP contribution < -0.4 is 4.90 Å². The van der Waals surface area contributed by atoms with Crippen molar-refractivity contribution >= 4 is 22.7 Å². The lowest BCUT2D eigenvalue weighted by atomic mass is 10.1. The molecule has 5 nitrogen and oxygen atoms in total. The van der Waals surface area contributed by atoms with Gasteiger partial charge in [0.2, 0.25) is 0 Å². The van der Waals surface area contributed by atoms with E-state index in [1.54, 1.807) is 6.33 Å². The molecule has 2 N–H and O–H groups in total. The first-order valence-corrected chi connectivity index (χ1v) is 6.13. The van der Waals surface area contributed by atoms with E-state index in [9.17, 15) is 4.79 Å². The topological polar surface area (TPSA) is 69.2 Å². The number of rotatable bonds is 3. The van der Waals surface area contributed by atoms with Gasteiger partial charge < -0.3 is 15.0 Å². The largest absolute Gasteiger partial charge is 0.481 e. The Kier molecular flexibility index (Phi) is 2.66. The molecule has 5 heteroatoms. The summed E-state index contributed by atoms with van der Waals surface area (Å²) in [7, 11) is 0. The van der Waals surface area contributed by atoms with Gasteiger partial charge in [0, 0.05) is 19.5 Å². The van der Waals surface area contributed by atoms with E-state index in [1.165, 1.54) is 0 Å². The number of aromatic nitrogens is 2. The van der Waals surface area contributed by atoms with Gasteiger partial charge in [-0.1, -0.05) is 6.07 Å². The first-order chi connectivity index (χ1) is 8.74. The van der Waals surface area contributed by atoms with Gasteiger partial charge in [-0.05, 0) is 24.5 Å². The lowest BCUT2D eigenvalue weighted by Gasteiger charge is -2.18. The molecule has 1 fully saturated rings. The number of fused-ring (bicyclic) bond motifs is 1. The number of imidazole rings is 1. The minimum absolute atomic E-state index is 0.247. The summed E-state index contributed by atoms with van der Waals surface area (Å²) in [5.74, 6) is -0.462. The Balaban J connectivity index is 1.84. The van der Waals surface area contributed by atoms with Crippen LogP contribution in [0.2, 0.25) is 0 Å². The van der Waals surface area contributed by atoms with Crippen LogP contribution in [0.3, 0.4) is 0 Å². The quantitative estimate of drug-likeness (QED) is 0.866. The van der Waals surface area contributed by atoms with Gasteiger partial charge in [0.1, 0.15) is 5.52 Å². The SMILES string of the molecule is O=C(O)CC1CCN(c2cccc3[nH]cnc23)C1. The molecule has 1 saturated heterocycles. The third-order valence-corrected chi connectivity index (χ3v) is 3.52. The van der Waals surface area contributed by atoms with E-state index in [0.29, 0.717) is 0 Å². The molecule has 3 rings (SSSR count). The Hall–Kier alpha value is -2.04. The normalized spacial score (nSPS) is 19.6. The number of hydrogen-bond donors (Lipinski definition) is 2. The van der Waals surface area contributed by atoms with Crippen LogP contribution in [0.5, 0.6) is 0 Å². The van der Waals surface area contributed by atoms with Crippen molar-refractivity contribution in [3.63, 3.8) is 0 Å². The number of H-pyrrole nitrogens is 1. The van der Waals surface area contributed by atoms with Gasteiger partial charge >= 0.3 is 5.97 Å². The lowest BCUT2D eigenvalue weighted by molar-refractivity contribution is -0.137. The van der Waals surface area contributed by atoms with Crippen LogP contribution in [-0.4, -0.2) is 34.1 Å². The first-order valence-electron chi connectivity index (χ1n) is 6.13. The second kappa shape index (κ2) is 4.33. The maximum absolute atomic E-state index is 10.7. The molecule has 18 heavy (non-hydrogen) atoms. The molecule has 1 aliphatic heterocycles. The van der Waals surface area contributed by atoms with Crippen LogP contribution in [0, 0.1) is 5.92 Å². The van der Waals surface area contributed by atoms with Crippen LogP contribution >= 0.6 is 0 Å². The molecule has 94 valence electrons. The zero-order chi connectivity index (χ0) is 12.5. The molecule has 1 aromatic heterocycles. The molecule has 2 heterocycles. The molecule has 0 saturated carbocycles. The minimum atomic E-state index is -0.708. The van der Waals surface area contributed by atoms with Gasteiger partial charge in [0.05, 0.1) is 17.5 Å². The molecule has 1 unspecified atom stereocenters. The zero-order valence-corrected chi connectivity index (χ0v) is 9.97. The van der Waals surface area contributed by atoms with Crippen molar-refractivity contribution in [2.75, 3.05) is 18.0 Å². The van der Waals surface area contributed by atoms with E-state index in [2.05, 4.69) is 14.9 Å². The molecule has 1 aliphatic rings. The second-order valence-corrected chi connectivity index (χ2v) is 4.77. The summed E-state index contributed by atoms with van der Waals surface area (Å²) in [6.07, 6.45) is 2.89. The van der Waals surface area contributed by atoms with E-state index in [-0.39, 0.29) is 12.3 Å². The van der Waals surface area contributed by atoms with Gasteiger partial charge in [0.25, 0.3) is 0 Å². The number of carbonyl (C=O) groups is 1. The van der Waals surface area contributed by atoms with Crippen LogP contribution in [0.25, 0.3) is 11.0 Å². The van der Waals surface area contributed by atoms with Crippen molar-refractivity contribution < 1.29 is 9.90 Å². The smallest absolute Gasteiger partial charge is 0.303 e. The predicted molar refractivity (Wildman–Crippen MR) is 68.7 cm³/mol. The fourth-order valence-corrected chi connectivity index (χ4v) is 2.67. The molecule has 0 amide bonds. The van der Waals surface area contributed by atoms with Crippen LogP contribution in [0.4, 0.5) is 5.69 Å². The summed E-state index contributed by atoms with van der Waals surface area (Å²) >= 11 is 0. The van der Waals surface area contributed by atoms with Crippen molar-refractivity contribution in [1.29, 1.82) is 0 Å². The Labute approximate surface area is 104 Å². The molecule has 1 atom stereocenters. The number of nitrogens with zero attached hydrogens (tertiary/aromatic N) is 2. The predicted octanol–water partition coefficient (Wildman–Crippen LogP) is 1.86. The third-order valence-electron chi connectivity index (χ3n) is 3.52. The van der Waals surface area contributed by atoms with Crippen molar-refractivity contribution in [3.05, 3.63) is 24.5 Å². The molecule has 0 spiro atoms. The molecule has 2 aromatic rings. The first kappa shape index (κ1) is 11.1. The summed E-state index contributed by atoms with van der Waals surface area (Å²) in [5, 5.41) is 8.83. The number of carboxylic acid groups (broad SMARTS) is 1. The number of hydrogen-bond acceptors (Lipinski definition) is 3. The van der Waals surface area contributed by atoms with E-state index in [1.807, 2.05) is 18.2 Å². The van der Waals surface area contributed by atoms with E-state index >= 15 is 0 Å². The number of carboxylic acids is 1. The van der Waals surface area contributed by atoms with E-state index in [0.717, 1.165) is 36.2 Å². The Bertz CT molecular complexity index is 578. The number of para-hydroxylation sites is 1. The number of anilines is 1. The highest BCUT2D eigenvalue weighted by atomic mass is 16.4. The summed E-state index contributed by atoms with van der Waals surface area (Å²) in [5.41, 5.74) is 3.09. The number of aliphatic carboxylic acids is 1. The fourth-order valence-electron chi connectivity index (χ4n) is 2.67. The molecular weight excluding hydrogens is 230 g/mol. The van der Waals surface area contributed by atoms with E-state index < -0.39 is 5.97 Å². The van der Waals surface area contributed by atoms with Crippen LogP contribution in [0.1, 0.15) is 12.8 Å². The summed E-state index contributed by atoms with van der Waals surface area (Å²) in [6, 6.07) is 6.04. The van der Waals surface area contributed by atoms with Crippen LogP contribution in [0.15, 0.2) is 24.5 Å². The molecule has 0 radical (unpaired) electrons. The van der Waals surface area contributed by atoms with Crippen molar-refractivity contribution in [3.8, 4) is 0 Å². The van der Waals surface area contributed by atoms with Crippen molar-refractivity contribution in [1.82, 2.24) is 9.97 Å². The molecule has 0 aliphatic carbocycles. The molecule has 0 bridgehead atoms. The molecule has 1 aromatic carbocycles. The average molecular weight is 245 g/mol. The second-order valence-electron chi connectivity index (χ2n) is 4.77. The van der Waals surface area contributed by atoms with Gasteiger partial charge in [-0.2, -0.15) is 0 Å².